The van der Waals surface area contributed by atoms with Gasteiger partial charge in [0.05, 0.1) is 0 Å². The summed E-state index contributed by atoms with van der Waals surface area (Å²) >= 11 is 0. The molecule has 0 unspecified atom stereocenters. The summed E-state index contributed by atoms with van der Waals surface area (Å²) in [4.78, 5) is 13.8. The number of amides is 1. The molecule has 0 bridgehead atoms. The molecule has 0 aromatic heterocycles. The van der Waals surface area contributed by atoms with Gasteiger partial charge in [-0.1, -0.05) is 40.8 Å². The predicted molar refractivity (Wildman–Crippen MR) is 65.4 cm³/mol. The zero-order chi connectivity index (χ0) is 11.7. The van der Waals surface area contributed by atoms with Crippen molar-refractivity contribution in [3.8, 4) is 0 Å². The van der Waals surface area contributed by atoms with Crippen LogP contribution in [0, 0.1) is 5.92 Å². The Labute approximate surface area is 89.7 Å². The van der Waals surface area contributed by atoms with Crippen LogP contribution in [0.5, 0.6) is 0 Å². The molecule has 0 fully saturated rings. The lowest BCUT2D eigenvalue weighted by atomic mass is 9.99. The summed E-state index contributed by atoms with van der Waals surface area (Å²) in [5, 5.41) is 0.147. The molecular formula is C11H25NOSi. The number of hydrogen-bond acceptors (Lipinski definition) is 1. The highest BCUT2D eigenvalue weighted by Gasteiger charge is 2.47. The first-order chi connectivity index (χ1) is 6.05. The zero-order valence-corrected chi connectivity index (χ0v) is 11.9. The Morgan fingerprint density at radius 3 is 1.79 bits per heavy atom. The highest BCUT2D eigenvalue weighted by molar-refractivity contribution is 7.05. The van der Waals surface area contributed by atoms with E-state index >= 15 is 0 Å². The predicted octanol–water partition coefficient (Wildman–Crippen LogP) is 3.39. The van der Waals surface area contributed by atoms with Crippen molar-refractivity contribution in [2.45, 2.75) is 45.8 Å². The van der Waals surface area contributed by atoms with Crippen LogP contribution in [0.2, 0.25) is 18.1 Å². The summed E-state index contributed by atoms with van der Waals surface area (Å²) in [6, 6.07) is 0. The zero-order valence-electron chi connectivity index (χ0n) is 10.9. The monoisotopic (exact) mass is 215 g/mol. The molecule has 0 spiro atoms. The second-order valence-electron chi connectivity index (χ2n) is 5.70. The molecule has 0 aromatic rings. The summed E-state index contributed by atoms with van der Waals surface area (Å²) in [5.41, 5.74) is 0.344. The summed E-state index contributed by atoms with van der Waals surface area (Å²) in [6.07, 6.45) is 0. The van der Waals surface area contributed by atoms with E-state index < -0.39 is 8.07 Å². The van der Waals surface area contributed by atoms with Gasteiger partial charge in [-0.2, -0.15) is 0 Å². The second kappa shape index (κ2) is 4.05. The molecule has 0 radical (unpaired) electrons. The third-order valence-corrected chi connectivity index (χ3v) is 9.31. The fourth-order valence-electron chi connectivity index (χ4n) is 1.56. The largest absolute Gasteiger partial charge is 0.353 e. The van der Waals surface area contributed by atoms with Crippen molar-refractivity contribution in [2.24, 2.45) is 5.92 Å². The Hall–Kier alpha value is -0.313. The van der Waals surface area contributed by atoms with Crippen LogP contribution in [-0.2, 0) is 0 Å². The van der Waals surface area contributed by atoms with Crippen LogP contribution in [0.3, 0.4) is 0 Å². The Kier molecular flexibility index (Phi) is 3.96. The third kappa shape index (κ3) is 2.19. The smallest absolute Gasteiger partial charge is 0.194 e. The molecule has 0 aliphatic rings. The molecule has 0 rings (SSSR count). The lowest BCUT2D eigenvalue weighted by Crippen LogP contribution is -2.53. The fraction of sp³-hybridized carbons (Fsp3) is 0.909. The number of rotatable bonds is 3. The molecule has 1 amide bonds. The molecule has 0 heterocycles. The van der Waals surface area contributed by atoms with Crippen molar-refractivity contribution in [1.29, 1.82) is 0 Å². The van der Waals surface area contributed by atoms with Crippen molar-refractivity contribution >= 4 is 13.6 Å². The Morgan fingerprint density at radius 2 is 1.57 bits per heavy atom. The first-order valence-corrected chi connectivity index (χ1v) is 8.27. The van der Waals surface area contributed by atoms with Gasteiger partial charge in [-0.05, 0) is 11.0 Å². The van der Waals surface area contributed by atoms with Gasteiger partial charge < -0.3 is 4.90 Å². The van der Waals surface area contributed by atoms with Gasteiger partial charge in [0.25, 0.3) is 0 Å². The van der Waals surface area contributed by atoms with E-state index in [-0.39, 0.29) is 5.04 Å². The SMILES string of the molecule is CC(C)C(C)(C)[Si](C)(C)C(=O)N(C)C. The molecule has 2 nitrogen and oxygen atoms in total. The van der Waals surface area contributed by atoms with E-state index in [2.05, 4.69) is 40.8 Å². The Morgan fingerprint density at radius 1 is 1.21 bits per heavy atom. The summed E-state index contributed by atoms with van der Waals surface area (Å²) < 4.78 is 0. The second-order valence-corrected chi connectivity index (χ2v) is 10.7. The van der Waals surface area contributed by atoms with Gasteiger partial charge in [0, 0.05) is 14.1 Å². The van der Waals surface area contributed by atoms with Crippen molar-refractivity contribution in [1.82, 2.24) is 4.90 Å². The molecule has 0 N–H and O–H groups in total. The highest BCUT2D eigenvalue weighted by Crippen LogP contribution is 2.44. The standard InChI is InChI=1S/C11H25NOSi/c1-9(2)11(3,4)14(7,8)10(13)12(5)6/h9H,1-8H3. The van der Waals surface area contributed by atoms with Gasteiger partial charge in [0.1, 0.15) is 0 Å². The van der Waals surface area contributed by atoms with Gasteiger partial charge >= 0.3 is 0 Å². The van der Waals surface area contributed by atoms with Gasteiger partial charge in [0.15, 0.2) is 13.6 Å². The fourth-order valence-corrected chi connectivity index (χ4v) is 4.67. The number of carbonyl (C=O) groups excluding carboxylic acids is 1. The minimum absolute atomic E-state index is 0.147. The maximum Gasteiger partial charge on any atom is 0.194 e. The molecule has 0 saturated heterocycles. The third-order valence-electron chi connectivity index (χ3n) is 4.00. The number of hydrogen-bond donors (Lipinski definition) is 0. The van der Waals surface area contributed by atoms with Crippen LogP contribution in [0.1, 0.15) is 27.7 Å². The van der Waals surface area contributed by atoms with E-state index in [0.29, 0.717) is 11.4 Å². The maximum absolute atomic E-state index is 12.1. The summed E-state index contributed by atoms with van der Waals surface area (Å²) in [7, 11) is 1.84. The molecule has 3 heteroatoms. The van der Waals surface area contributed by atoms with Crippen LogP contribution in [0.25, 0.3) is 0 Å². The van der Waals surface area contributed by atoms with Crippen molar-refractivity contribution in [2.75, 3.05) is 14.1 Å². The normalized spacial score (nSPS) is 13.2. The van der Waals surface area contributed by atoms with Crippen LogP contribution >= 0.6 is 0 Å². The first-order valence-electron chi connectivity index (χ1n) is 5.27. The van der Waals surface area contributed by atoms with Gasteiger partial charge in [-0.3, -0.25) is 4.79 Å². The lowest BCUT2D eigenvalue weighted by molar-refractivity contribution is 0.235. The lowest BCUT2D eigenvalue weighted by Gasteiger charge is -2.42. The molecule has 0 saturated carbocycles. The summed E-state index contributed by atoms with van der Waals surface area (Å²) in [5.74, 6) is 0.549. The number of carbonyl (C=O) groups is 1. The summed E-state index contributed by atoms with van der Waals surface area (Å²) in [6.45, 7) is 13.2. The van der Waals surface area contributed by atoms with Crippen LogP contribution in [-0.4, -0.2) is 32.6 Å². The van der Waals surface area contributed by atoms with Gasteiger partial charge in [0.2, 0.25) is 0 Å². The Bertz CT molecular complexity index is 219. The molecule has 0 aromatic carbocycles. The highest BCUT2D eigenvalue weighted by atomic mass is 28.3. The minimum Gasteiger partial charge on any atom is -0.353 e. The molecular weight excluding hydrogens is 190 g/mol. The Balaban J connectivity index is 5.04. The molecule has 14 heavy (non-hydrogen) atoms. The van der Waals surface area contributed by atoms with Crippen molar-refractivity contribution < 1.29 is 4.79 Å². The van der Waals surface area contributed by atoms with E-state index in [9.17, 15) is 4.79 Å². The maximum atomic E-state index is 12.1. The average Bonchev–Trinajstić information content (AvgIpc) is 2.01. The van der Waals surface area contributed by atoms with E-state index in [0.717, 1.165) is 0 Å². The van der Waals surface area contributed by atoms with Crippen LogP contribution in [0.15, 0.2) is 0 Å². The number of nitrogens with zero attached hydrogens (tertiary/aromatic N) is 1. The minimum atomic E-state index is -1.87. The van der Waals surface area contributed by atoms with E-state index in [4.69, 9.17) is 0 Å². The van der Waals surface area contributed by atoms with Crippen molar-refractivity contribution in [3.63, 3.8) is 0 Å². The molecule has 84 valence electrons. The quantitative estimate of drug-likeness (QED) is 0.661. The molecule has 0 atom stereocenters. The molecule has 0 aliphatic carbocycles. The van der Waals surface area contributed by atoms with E-state index in [1.54, 1.807) is 4.90 Å². The van der Waals surface area contributed by atoms with Gasteiger partial charge in [-0.15, -0.1) is 0 Å². The topological polar surface area (TPSA) is 20.3 Å². The van der Waals surface area contributed by atoms with Crippen LogP contribution in [0.4, 0.5) is 4.79 Å². The average molecular weight is 215 g/mol. The van der Waals surface area contributed by atoms with E-state index in [1.807, 2.05) is 14.1 Å². The van der Waals surface area contributed by atoms with Crippen molar-refractivity contribution in [3.05, 3.63) is 0 Å². The molecule has 0 aliphatic heterocycles. The van der Waals surface area contributed by atoms with Gasteiger partial charge in [-0.25, -0.2) is 0 Å². The van der Waals surface area contributed by atoms with Crippen LogP contribution < -0.4 is 0 Å². The first kappa shape index (κ1) is 13.7. The van der Waals surface area contributed by atoms with E-state index in [1.165, 1.54) is 0 Å².